The van der Waals surface area contributed by atoms with Gasteiger partial charge in [0.1, 0.15) is 12.2 Å². The lowest BCUT2D eigenvalue weighted by Gasteiger charge is -2.13. The quantitative estimate of drug-likeness (QED) is 0.291. The Kier molecular flexibility index (Phi) is 5.97. The van der Waals surface area contributed by atoms with Gasteiger partial charge in [0, 0.05) is 5.39 Å². The SMILES string of the molecule is COc1cc(/C=N/NC(=O)c2cc3ccccc3o2)cc(Cl)c1OCc1ccc2c(c1)OCO2. The number of ether oxygens (including phenoxy) is 4. The van der Waals surface area contributed by atoms with E-state index in [4.69, 9.17) is 35.0 Å². The van der Waals surface area contributed by atoms with Crippen LogP contribution in [0.25, 0.3) is 11.0 Å². The summed E-state index contributed by atoms with van der Waals surface area (Å²) in [6, 6.07) is 18.0. The average Bonchev–Trinajstić information content (AvgIpc) is 3.49. The van der Waals surface area contributed by atoms with Gasteiger partial charge in [-0.2, -0.15) is 5.10 Å². The van der Waals surface area contributed by atoms with Crippen LogP contribution >= 0.6 is 11.6 Å². The predicted molar refractivity (Wildman–Crippen MR) is 126 cm³/mol. The van der Waals surface area contributed by atoms with E-state index >= 15 is 0 Å². The van der Waals surface area contributed by atoms with Gasteiger partial charge in [0.2, 0.25) is 6.79 Å². The predicted octanol–water partition coefficient (Wildman–Crippen LogP) is 5.17. The smallest absolute Gasteiger partial charge is 0.307 e. The molecule has 1 aliphatic rings. The zero-order valence-corrected chi connectivity index (χ0v) is 18.8. The van der Waals surface area contributed by atoms with Gasteiger partial charge in [-0.1, -0.05) is 35.9 Å². The van der Waals surface area contributed by atoms with Crippen LogP contribution in [0.3, 0.4) is 0 Å². The Morgan fingerprint density at radius 2 is 1.97 bits per heavy atom. The number of amides is 1. The van der Waals surface area contributed by atoms with Gasteiger partial charge in [-0.05, 0) is 47.5 Å². The monoisotopic (exact) mass is 478 g/mol. The van der Waals surface area contributed by atoms with Gasteiger partial charge in [0.05, 0.1) is 18.3 Å². The van der Waals surface area contributed by atoms with Crippen molar-refractivity contribution in [3.8, 4) is 23.0 Å². The molecule has 1 aliphatic heterocycles. The number of halogens is 1. The summed E-state index contributed by atoms with van der Waals surface area (Å²) in [5, 5.41) is 5.17. The van der Waals surface area contributed by atoms with E-state index in [1.807, 2.05) is 36.4 Å². The van der Waals surface area contributed by atoms with E-state index < -0.39 is 5.91 Å². The first kappa shape index (κ1) is 21.7. The summed E-state index contributed by atoms with van der Waals surface area (Å²) in [6.07, 6.45) is 1.45. The topological polar surface area (TPSA) is 91.5 Å². The summed E-state index contributed by atoms with van der Waals surface area (Å²) in [4.78, 5) is 12.3. The highest BCUT2D eigenvalue weighted by molar-refractivity contribution is 6.32. The number of carbonyl (C=O) groups excluding carboxylic acids is 1. The number of hydrogen-bond acceptors (Lipinski definition) is 7. The number of fused-ring (bicyclic) bond motifs is 2. The number of methoxy groups -OCH3 is 1. The van der Waals surface area contributed by atoms with Gasteiger partial charge in [0.25, 0.3) is 0 Å². The van der Waals surface area contributed by atoms with Gasteiger partial charge in [-0.15, -0.1) is 0 Å². The Bertz CT molecular complexity index is 1360. The van der Waals surface area contributed by atoms with E-state index in [9.17, 15) is 4.79 Å². The highest BCUT2D eigenvalue weighted by Crippen LogP contribution is 2.37. The van der Waals surface area contributed by atoms with Crippen molar-refractivity contribution in [2.24, 2.45) is 5.10 Å². The molecule has 1 N–H and O–H groups in total. The largest absolute Gasteiger partial charge is 0.493 e. The van der Waals surface area contributed by atoms with Gasteiger partial charge in [-0.25, -0.2) is 5.43 Å². The van der Waals surface area contributed by atoms with Crippen molar-refractivity contribution >= 4 is 34.7 Å². The number of furan rings is 1. The van der Waals surface area contributed by atoms with Gasteiger partial charge < -0.3 is 23.4 Å². The minimum Gasteiger partial charge on any atom is -0.493 e. The first-order valence-electron chi connectivity index (χ1n) is 10.3. The fraction of sp³-hybridized carbons (Fsp3) is 0.120. The van der Waals surface area contributed by atoms with Crippen molar-refractivity contribution in [1.29, 1.82) is 0 Å². The first-order chi connectivity index (χ1) is 16.6. The molecule has 9 heteroatoms. The Labute approximate surface area is 199 Å². The molecule has 0 saturated heterocycles. The second-order valence-corrected chi connectivity index (χ2v) is 7.77. The minimum absolute atomic E-state index is 0.168. The number of carbonyl (C=O) groups is 1. The van der Waals surface area contributed by atoms with Crippen molar-refractivity contribution in [1.82, 2.24) is 5.43 Å². The van der Waals surface area contributed by atoms with Crippen LogP contribution < -0.4 is 24.4 Å². The van der Waals surface area contributed by atoms with Crippen LogP contribution in [0.2, 0.25) is 5.02 Å². The molecule has 0 atom stereocenters. The number of benzene rings is 3. The Balaban J connectivity index is 1.26. The molecule has 4 aromatic rings. The van der Waals surface area contributed by atoms with E-state index in [-0.39, 0.29) is 19.2 Å². The number of hydrazone groups is 1. The maximum atomic E-state index is 12.3. The van der Waals surface area contributed by atoms with E-state index in [1.54, 1.807) is 24.3 Å². The number of nitrogens with zero attached hydrogens (tertiary/aromatic N) is 1. The molecule has 0 unspecified atom stereocenters. The normalized spacial score (nSPS) is 12.3. The molecule has 34 heavy (non-hydrogen) atoms. The lowest BCUT2D eigenvalue weighted by Crippen LogP contribution is -2.16. The molecule has 8 nitrogen and oxygen atoms in total. The number of rotatable bonds is 7. The van der Waals surface area contributed by atoms with Crippen LogP contribution in [-0.2, 0) is 6.61 Å². The molecule has 2 heterocycles. The fourth-order valence-corrected chi connectivity index (χ4v) is 3.73. The van der Waals surface area contributed by atoms with Crippen molar-refractivity contribution < 1.29 is 28.2 Å². The summed E-state index contributed by atoms with van der Waals surface area (Å²) >= 11 is 6.44. The number of nitrogens with one attached hydrogen (secondary N) is 1. The van der Waals surface area contributed by atoms with Crippen molar-refractivity contribution in [3.63, 3.8) is 0 Å². The molecular weight excluding hydrogens is 460 g/mol. The summed E-state index contributed by atoms with van der Waals surface area (Å²) in [5.74, 6) is 1.91. The van der Waals surface area contributed by atoms with Crippen LogP contribution in [0.5, 0.6) is 23.0 Å². The molecule has 3 aromatic carbocycles. The maximum Gasteiger partial charge on any atom is 0.307 e. The van der Waals surface area contributed by atoms with Crippen LogP contribution in [0.1, 0.15) is 21.7 Å². The van der Waals surface area contributed by atoms with Gasteiger partial charge in [0.15, 0.2) is 28.8 Å². The van der Waals surface area contributed by atoms with E-state index in [2.05, 4.69) is 10.5 Å². The van der Waals surface area contributed by atoms with Gasteiger partial charge >= 0.3 is 5.91 Å². The van der Waals surface area contributed by atoms with Crippen LogP contribution in [0, 0.1) is 0 Å². The van der Waals surface area contributed by atoms with Crippen LogP contribution in [0.4, 0.5) is 0 Å². The molecule has 0 bridgehead atoms. The summed E-state index contributed by atoms with van der Waals surface area (Å²) < 4.78 is 27.6. The van der Waals surface area contributed by atoms with E-state index in [0.29, 0.717) is 39.2 Å². The molecule has 0 radical (unpaired) electrons. The lowest BCUT2D eigenvalue weighted by molar-refractivity contribution is 0.0929. The molecule has 0 aliphatic carbocycles. The molecule has 1 amide bonds. The second-order valence-electron chi connectivity index (χ2n) is 7.36. The van der Waals surface area contributed by atoms with Crippen molar-refractivity contribution in [3.05, 3.63) is 82.6 Å². The molecule has 1 aromatic heterocycles. The molecule has 0 spiro atoms. The highest BCUT2D eigenvalue weighted by Gasteiger charge is 2.16. The zero-order valence-electron chi connectivity index (χ0n) is 18.0. The third kappa shape index (κ3) is 4.49. The van der Waals surface area contributed by atoms with Crippen molar-refractivity contribution in [2.75, 3.05) is 13.9 Å². The van der Waals surface area contributed by atoms with Gasteiger partial charge in [-0.3, -0.25) is 4.79 Å². The number of hydrogen-bond donors (Lipinski definition) is 1. The van der Waals surface area contributed by atoms with Crippen molar-refractivity contribution in [2.45, 2.75) is 6.61 Å². The van der Waals surface area contributed by atoms with Crippen LogP contribution in [0.15, 0.2) is 70.2 Å². The van der Waals surface area contributed by atoms with E-state index in [0.717, 1.165) is 10.9 Å². The maximum absolute atomic E-state index is 12.3. The third-order valence-electron chi connectivity index (χ3n) is 5.10. The Morgan fingerprint density at radius 3 is 2.82 bits per heavy atom. The zero-order chi connectivity index (χ0) is 23.5. The molecule has 0 fully saturated rings. The average molecular weight is 479 g/mol. The molecule has 0 saturated carbocycles. The second kappa shape index (κ2) is 9.36. The summed E-state index contributed by atoms with van der Waals surface area (Å²) in [5.41, 5.74) is 4.58. The standard InChI is InChI=1S/C25H19ClN2O6/c1-30-22-10-16(12-27-28-25(29)23-11-17-4-2-3-5-19(17)34-23)8-18(26)24(22)31-13-15-6-7-20-21(9-15)33-14-32-20/h2-12H,13-14H2,1H3,(H,28,29)/b27-12+. The number of para-hydroxylation sites is 1. The Hall–Kier alpha value is -4.17. The van der Waals surface area contributed by atoms with Crippen LogP contribution in [-0.4, -0.2) is 26.0 Å². The minimum atomic E-state index is -0.464. The third-order valence-corrected chi connectivity index (χ3v) is 5.38. The lowest BCUT2D eigenvalue weighted by atomic mass is 10.2. The Morgan fingerprint density at radius 1 is 1.12 bits per heavy atom. The summed E-state index contributed by atoms with van der Waals surface area (Å²) in [6.45, 7) is 0.467. The first-order valence-corrected chi connectivity index (χ1v) is 10.7. The summed E-state index contributed by atoms with van der Waals surface area (Å²) in [7, 11) is 1.52. The molecular formula is C25H19ClN2O6. The molecule has 5 rings (SSSR count). The van der Waals surface area contributed by atoms with E-state index in [1.165, 1.54) is 13.3 Å². The molecule has 172 valence electrons. The highest BCUT2D eigenvalue weighted by atomic mass is 35.5. The fourth-order valence-electron chi connectivity index (χ4n) is 3.45.